The van der Waals surface area contributed by atoms with Gasteiger partial charge in [0, 0.05) is 20.2 Å². The molecule has 1 aliphatic rings. The number of hydrogen-bond acceptors (Lipinski definition) is 3. The summed E-state index contributed by atoms with van der Waals surface area (Å²) in [6.07, 6.45) is 1.97. The molecule has 3 nitrogen and oxygen atoms in total. The molecule has 0 aromatic carbocycles. The molecule has 0 aromatic heterocycles. The molecule has 1 fully saturated rings. The fourth-order valence-corrected chi connectivity index (χ4v) is 1.65. The molecule has 0 spiro atoms. The average molecular weight is 159 g/mol. The van der Waals surface area contributed by atoms with Gasteiger partial charge >= 0.3 is 0 Å². The molecule has 1 rings (SSSR count). The van der Waals surface area contributed by atoms with Gasteiger partial charge in [-0.3, -0.25) is 4.90 Å². The van der Waals surface area contributed by atoms with Crippen LogP contribution in [0.4, 0.5) is 0 Å². The van der Waals surface area contributed by atoms with Crippen LogP contribution in [0.15, 0.2) is 0 Å². The first-order valence-electron chi connectivity index (χ1n) is 4.20. The van der Waals surface area contributed by atoms with Gasteiger partial charge in [0.2, 0.25) is 0 Å². The highest BCUT2D eigenvalue weighted by atomic mass is 16.5. The Balaban J connectivity index is 2.40. The van der Waals surface area contributed by atoms with E-state index < -0.39 is 6.10 Å². The molecule has 0 saturated carbocycles. The number of rotatable bonds is 3. The van der Waals surface area contributed by atoms with Crippen LogP contribution in [0, 0.1) is 0 Å². The molecule has 1 saturated heterocycles. The predicted octanol–water partition coefficient (Wildman–Crippen LogP) is 0.435. The zero-order valence-corrected chi connectivity index (χ0v) is 7.29. The van der Waals surface area contributed by atoms with E-state index in [0.717, 1.165) is 13.1 Å². The fourth-order valence-electron chi connectivity index (χ4n) is 1.65. The highest BCUT2D eigenvalue weighted by Gasteiger charge is 2.24. The lowest BCUT2D eigenvalue weighted by Crippen LogP contribution is -2.41. The van der Waals surface area contributed by atoms with E-state index in [4.69, 9.17) is 4.74 Å². The number of aliphatic hydroxyl groups is 1. The molecule has 1 heterocycles. The summed E-state index contributed by atoms with van der Waals surface area (Å²) in [5, 5.41) is 9.31. The standard InChI is InChI=1S/C8H17NO2/c1-7(10)8(11-2)9-5-3-4-6-9/h7-8,10H,3-6H2,1-2H3. The Bertz CT molecular complexity index is 111. The maximum Gasteiger partial charge on any atom is 0.136 e. The Morgan fingerprint density at radius 2 is 1.91 bits per heavy atom. The smallest absolute Gasteiger partial charge is 0.136 e. The molecule has 0 aromatic rings. The van der Waals surface area contributed by atoms with Crippen LogP contribution in [0.1, 0.15) is 19.8 Å². The second kappa shape index (κ2) is 4.04. The van der Waals surface area contributed by atoms with Crippen molar-refractivity contribution >= 4 is 0 Å². The fraction of sp³-hybridized carbons (Fsp3) is 1.00. The summed E-state index contributed by atoms with van der Waals surface area (Å²) in [4.78, 5) is 2.19. The average Bonchev–Trinajstić information content (AvgIpc) is 2.40. The summed E-state index contributed by atoms with van der Waals surface area (Å²) in [7, 11) is 1.65. The van der Waals surface area contributed by atoms with Crippen LogP contribution >= 0.6 is 0 Å². The minimum absolute atomic E-state index is 0.0995. The maximum atomic E-state index is 9.31. The van der Waals surface area contributed by atoms with Crippen LogP contribution in [-0.4, -0.2) is 42.5 Å². The van der Waals surface area contributed by atoms with E-state index in [2.05, 4.69) is 4.90 Å². The molecule has 0 radical (unpaired) electrons. The van der Waals surface area contributed by atoms with Crippen LogP contribution in [0.5, 0.6) is 0 Å². The van der Waals surface area contributed by atoms with Crippen LogP contribution in [0.3, 0.4) is 0 Å². The Morgan fingerprint density at radius 3 is 2.27 bits per heavy atom. The van der Waals surface area contributed by atoms with E-state index >= 15 is 0 Å². The van der Waals surface area contributed by atoms with Gasteiger partial charge in [-0.1, -0.05) is 0 Å². The number of nitrogens with zero attached hydrogens (tertiary/aromatic N) is 1. The number of ether oxygens (including phenoxy) is 1. The second-order valence-electron chi connectivity index (χ2n) is 3.11. The van der Waals surface area contributed by atoms with Crippen molar-refractivity contribution < 1.29 is 9.84 Å². The first kappa shape index (κ1) is 8.97. The minimum Gasteiger partial charge on any atom is -0.389 e. The summed E-state index contributed by atoms with van der Waals surface area (Å²) >= 11 is 0. The Labute approximate surface area is 68.0 Å². The Kier molecular flexibility index (Phi) is 3.30. The van der Waals surface area contributed by atoms with Gasteiger partial charge in [-0.15, -0.1) is 0 Å². The summed E-state index contributed by atoms with van der Waals surface area (Å²) < 4.78 is 5.17. The van der Waals surface area contributed by atoms with Gasteiger partial charge in [0.25, 0.3) is 0 Å². The van der Waals surface area contributed by atoms with Gasteiger partial charge in [-0.05, 0) is 19.8 Å². The predicted molar refractivity (Wildman–Crippen MR) is 43.3 cm³/mol. The Morgan fingerprint density at radius 1 is 1.36 bits per heavy atom. The van der Waals surface area contributed by atoms with E-state index in [-0.39, 0.29) is 6.23 Å². The zero-order valence-electron chi connectivity index (χ0n) is 7.29. The van der Waals surface area contributed by atoms with Gasteiger partial charge in [-0.25, -0.2) is 0 Å². The summed E-state index contributed by atoms with van der Waals surface area (Å²) in [5.74, 6) is 0. The highest BCUT2D eigenvalue weighted by molar-refractivity contribution is 4.72. The molecule has 0 aliphatic carbocycles. The van der Waals surface area contributed by atoms with Gasteiger partial charge in [0.1, 0.15) is 6.23 Å². The molecule has 1 aliphatic heterocycles. The molecule has 0 bridgehead atoms. The lowest BCUT2D eigenvalue weighted by molar-refractivity contribution is -0.0910. The molecule has 2 unspecified atom stereocenters. The normalized spacial score (nSPS) is 25.4. The molecule has 11 heavy (non-hydrogen) atoms. The van der Waals surface area contributed by atoms with E-state index in [1.807, 2.05) is 0 Å². The Hall–Kier alpha value is -0.120. The highest BCUT2D eigenvalue weighted by Crippen LogP contribution is 2.14. The molecule has 2 atom stereocenters. The van der Waals surface area contributed by atoms with Crippen molar-refractivity contribution in [3.63, 3.8) is 0 Å². The third-order valence-electron chi connectivity index (χ3n) is 2.15. The van der Waals surface area contributed by atoms with Crippen LogP contribution in [0.25, 0.3) is 0 Å². The van der Waals surface area contributed by atoms with Crippen molar-refractivity contribution in [2.45, 2.75) is 32.1 Å². The third-order valence-corrected chi connectivity index (χ3v) is 2.15. The van der Waals surface area contributed by atoms with Crippen molar-refractivity contribution in [2.24, 2.45) is 0 Å². The number of methoxy groups -OCH3 is 1. The molecule has 0 amide bonds. The molecular weight excluding hydrogens is 142 g/mol. The van der Waals surface area contributed by atoms with Crippen molar-refractivity contribution in [1.82, 2.24) is 4.90 Å². The summed E-state index contributed by atoms with van der Waals surface area (Å²) in [5.41, 5.74) is 0. The van der Waals surface area contributed by atoms with Gasteiger partial charge in [0.05, 0.1) is 6.10 Å². The lowest BCUT2D eigenvalue weighted by Gasteiger charge is -2.27. The first-order chi connectivity index (χ1) is 5.25. The number of hydrogen-bond donors (Lipinski definition) is 1. The van der Waals surface area contributed by atoms with Crippen molar-refractivity contribution in [1.29, 1.82) is 0 Å². The van der Waals surface area contributed by atoms with Gasteiger partial charge in [-0.2, -0.15) is 0 Å². The van der Waals surface area contributed by atoms with Crippen molar-refractivity contribution in [3.05, 3.63) is 0 Å². The van der Waals surface area contributed by atoms with E-state index in [9.17, 15) is 5.11 Å². The van der Waals surface area contributed by atoms with Crippen molar-refractivity contribution in [3.8, 4) is 0 Å². The SMILES string of the molecule is COC(C(C)O)N1CCCC1. The topological polar surface area (TPSA) is 32.7 Å². The molecule has 3 heteroatoms. The van der Waals surface area contributed by atoms with Gasteiger partial charge < -0.3 is 9.84 Å². The minimum atomic E-state index is -0.391. The molecular formula is C8H17NO2. The van der Waals surface area contributed by atoms with Crippen molar-refractivity contribution in [2.75, 3.05) is 20.2 Å². The maximum absolute atomic E-state index is 9.31. The molecule has 1 N–H and O–H groups in total. The van der Waals surface area contributed by atoms with E-state index in [1.165, 1.54) is 12.8 Å². The number of likely N-dealkylation sites (tertiary alicyclic amines) is 1. The first-order valence-corrected chi connectivity index (χ1v) is 4.20. The van der Waals surface area contributed by atoms with Crippen LogP contribution in [0.2, 0.25) is 0 Å². The number of aliphatic hydroxyl groups excluding tert-OH is 1. The van der Waals surface area contributed by atoms with E-state index in [1.54, 1.807) is 14.0 Å². The van der Waals surface area contributed by atoms with Crippen LogP contribution < -0.4 is 0 Å². The zero-order chi connectivity index (χ0) is 8.27. The third kappa shape index (κ3) is 2.15. The lowest BCUT2D eigenvalue weighted by atomic mass is 10.3. The largest absolute Gasteiger partial charge is 0.389 e. The summed E-state index contributed by atoms with van der Waals surface area (Å²) in [6, 6.07) is 0. The monoisotopic (exact) mass is 159 g/mol. The molecule has 66 valence electrons. The van der Waals surface area contributed by atoms with E-state index in [0.29, 0.717) is 0 Å². The van der Waals surface area contributed by atoms with Crippen LogP contribution in [-0.2, 0) is 4.74 Å². The van der Waals surface area contributed by atoms with Gasteiger partial charge in [0.15, 0.2) is 0 Å². The summed E-state index contributed by atoms with van der Waals surface area (Å²) in [6.45, 7) is 3.89. The second-order valence-corrected chi connectivity index (χ2v) is 3.11. The quantitative estimate of drug-likeness (QED) is 0.648.